The van der Waals surface area contributed by atoms with Crippen molar-refractivity contribution in [1.82, 2.24) is 0 Å². The maximum atomic E-state index is 8.00. The summed E-state index contributed by atoms with van der Waals surface area (Å²) in [5.41, 5.74) is 6.46. The number of fused-ring (bicyclic) bond motifs is 1. The van der Waals surface area contributed by atoms with Crippen LogP contribution in [0.5, 0.6) is 11.5 Å². The Kier molecular flexibility index (Phi) is 30.0. The van der Waals surface area contributed by atoms with Gasteiger partial charge >= 0.3 is 0 Å². The summed E-state index contributed by atoms with van der Waals surface area (Å²) in [6.45, 7) is 19.2. The lowest BCUT2D eigenvalue weighted by Crippen LogP contribution is -2.00. The first-order chi connectivity index (χ1) is 17.4. The van der Waals surface area contributed by atoms with Crippen LogP contribution in [0.4, 0.5) is 36.6 Å². The van der Waals surface area contributed by atoms with Gasteiger partial charge in [-0.25, -0.2) is 0 Å². The van der Waals surface area contributed by atoms with E-state index in [0.29, 0.717) is 0 Å². The molecule has 36 heavy (non-hydrogen) atoms. The highest BCUT2D eigenvalue weighted by molar-refractivity contribution is 5.88. The van der Waals surface area contributed by atoms with Crippen LogP contribution >= 0.6 is 0 Å². The number of benzene rings is 3. The maximum Gasteiger partial charge on any atom is 0.135 e. The second-order valence-corrected chi connectivity index (χ2v) is 7.03. The maximum absolute atomic E-state index is 8.00. The molecule has 1 nitrogen and oxygen atoms in total. The van der Waals surface area contributed by atoms with Gasteiger partial charge in [-0.1, -0.05) is 76.9 Å². The van der Waals surface area contributed by atoms with E-state index < -0.39 is 0 Å². The van der Waals surface area contributed by atoms with Gasteiger partial charge in [-0.2, -0.15) is 0 Å². The van der Waals surface area contributed by atoms with Gasteiger partial charge in [-0.05, 0) is 73.9 Å². The number of unbranched alkanes of at least 4 members (excludes halogenated alkanes) is 1. The number of hydrogen-bond donors (Lipinski definition) is 0. The lowest BCUT2D eigenvalue weighted by atomic mass is 9.94. The van der Waals surface area contributed by atoms with E-state index in [2.05, 4.69) is 84.9 Å². The van der Waals surface area contributed by atoms with Crippen LogP contribution in [-0.2, 0) is 0 Å². The highest BCUT2D eigenvalue weighted by Crippen LogP contribution is 2.37. The van der Waals surface area contributed by atoms with E-state index in [1.807, 2.05) is 19.9 Å². The second-order valence-electron chi connectivity index (χ2n) is 7.03. The lowest BCUT2D eigenvalue weighted by molar-refractivity contribution is 0.108. The second kappa shape index (κ2) is 26.8. The Morgan fingerprint density at radius 1 is 0.528 bits per heavy atom. The van der Waals surface area contributed by atoms with Gasteiger partial charge in [0.15, 0.2) is 0 Å². The monoisotopic (exact) mass is 530 g/mol. The molecule has 9 heteroatoms. The molecule has 208 valence electrons. The molecule has 0 unspecified atom stereocenters. The molecule has 3 aromatic carbocycles. The van der Waals surface area contributed by atoms with Gasteiger partial charge in [0.25, 0.3) is 0 Å². The summed E-state index contributed by atoms with van der Waals surface area (Å²) in [4.78, 5) is 0. The largest absolute Gasteiger partial charge is 0.456 e. The third-order valence-electron chi connectivity index (χ3n) is 5.39. The quantitative estimate of drug-likeness (QED) is 0.306. The summed E-state index contributed by atoms with van der Waals surface area (Å²) in [6, 6.07) is 14.6. The predicted octanol–water partition coefficient (Wildman–Crippen LogP) is 12.4. The Bertz CT molecular complexity index is 881. The third kappa shape index (κ3) is 12.7. The van der Waals surface area contributed by atoms with E-state index in [1.165, 1.54) is 46.0 Å². The highest BCUT2D eigenvalue weighted by atomic mass is 20.0. The van der Waals surface area contributed by atoms with E-state index in [0.717, 1.165) is 16.9 Å². The standard InChI is InChI=1S/C21H22O.C4H10.C2H6.4F2/c1-13-14(2)16(4)21(17(5)15(13)3)22-20-12-8-10-18-9-6-7-11-19(18)20;1-3-4-2;5*1-2/h6-12H,1-5H3;3-4H2,1-2H3;1-2H3;;;;. The fourth-order valence-electron chi connectivity index (χ4n) is 3.01. The van der Waals surface area contributed by atoms with Crippen molar-refractivity contribution < 1.29 is 41.3 Å². The molecule has 0 atom stereocenters. The first-order valence-corrected chi connectivity index (χ1v) is 11.2. The highest BCUT2D eigenvalue weighted by Gasteiger charge is 2.15. The van der Waals surface area contributed by atoms with Gasteiger partial charge in [0.2, 0.25) is 0 Å². The van der Waals surface area contributed by atoms with Crippen LogP contribution in [0.1, 0.15) is 68.4 Å². The molecule has 0 aliphatic heterocycles. The van der Waals surface area contributed by atoms with Crippen molar-refractivity contribution in [3.05, 3.63) is 70.3 Å². The molecule has 3 rings (SSSR count). The minimum atomic E-state index is 0.923. The van der Waals surface area contributed by atoms with Gasteiger partial charge in [0.05, 0.1) is 0 Å². The molecule has 0 heterocycles. The molecular weight excluding hydrogens is 492 g/mol. The Hall–Kier alpha value is -2.84. The van der Waals surface area contributed by atoms with Crippen LogP contribution in [0.25, 0.3) is 10.8 Å². The van der Waals surface area contributed by atoms with Gasteiger partial charge < -0.3 is 4.74 Å². The van der Waals surface area contributed by atoms with Crippen LogP contribution in [0.3, 0.4) is 0 Å². The van der Waals surface area contributed by atoms with Crippen molar-refractivity contribution in [3.8, 4) is 11.5 Å². The zero-order valence-electron chi connectivity index (χ0n) is 22.4. The molecule has 3 aromatic rings. The fraction of sp³-hybridized carbons (Fsp3) is 0.407. The Morgan fingerprint density at radius 3 is 1.31 bits per heavy atom. The summed E-state index contributed by atoms with van der Waals surface area (Å²) < 4.78 is 70.4. The van der Waals surface area contributed by atoms with Gasteiger partial charge in [-0.3, -0.25) is 0 Å². The van der Waals surface area contributed by atoms with E-state index in [4.69, 9.17) is 41.3 Å². The first-order valence-electron chi connectivity index (χ1n) is 11.2. The number of ether oxygens (including phenoxy) is 1. The summed E-state index contributed by atoms with van der Waals surface area (Å²) in [5, 5.41) is 2.36. The SMILES string of the molecule is CC.CCCC.Cc1c(C)c(C)c(Oc2cccc3ccccc23)c(C)c1C.FF.FF.FF.FF. The van der Waals surface area contributed by atoms with Gasteiger partial charge in [-0.15, -0.1) is 0 Å². The molecule has 0 saturated heterocycles. The fourth-order valence-corrected chi connectivity index (χ4v) is 3.01. The molecular formula is C27H38F8O. The number of halogens is 8. The average Bonchev–Trinajstić information content (AvgIpc) is 2.98. The molecule has 0 N–H and O–H groups in total. The summed E-state index contributed by atoms with van der Waals surface area (Å²) >= 11 is 0. The molecule has 0 aliphatic carbocycles. The predicted molar refractivity (Wildman–Crippen MR) is 135 cm³/mol. The van der Waals surface area contributed by atoms with E-state index >= 15 is 0 Å². The minimum absolute atomic E-state index is 0.923. The molecule has 0 spiro atoms. The van der Waals surface area contributed by atoms with Crippen molar-refractivity contribution >= 4 is 10.8 Å². The summed E-state index contributed by atoms with van der Waals surface area (Å²) in [6.07, 6.45) is 2.64. The Morgan fingerprint density at radius 2 is 0.889 bits per heavy atom. The molecule has 0 aliphatic rings. The van der Waals surface area contributed by atoms with Crippen molar-refractivity contribution in [2.75, 3.05) is 0 Å². The summed E-state index contributed by atoms with van der Waals surface area (Å²) in [7, 11) is 0. The Balaban J connectivity index is -0.000000313. The minimum Gasteiger partial charge on any atom is -0.456 e. The van der Waals surface area contributed by atoms with Gasteiger partial charge in [0.1, 0.15) is 11.5 Å². The van der Waals surface area contributed by atoms with Crippen LogP contribution in [-0.4, -0.2) is 0 Å². The van der Waals surface area contributed by atoms with E-state index in [9.17, 15) is 0 Å². The van der Waals surface area contributed by atoms with Crippen molar-refractivity contribution in [1.29, 1.82) is 0 Å². The van der Waals surface area contributed by atoms with Crippen molar-refractivity contribution in [2.45, 2.75) is 75.2 Å². The van der Waals surface area contributed by atoms with Crippen LogP contribution in [0.15, 0.2) is 42.5 Å². The topological polar surface area (TPSA) is 9.23 Å². The average molecular weight is 531 g/mol. The Labute approximate surface area is 209 Å². The van der Waals surface area contributed by atoms with Crippen LogP contribution in [0.2, 0.25) is 0 Å². The molecule has 0 radical (unpaired) electrons. The molecule has 0 fully saturated rings. The van der Waals surface area contributed by atoms with E-state index in [-0.39, 0.29) is 0 Å². The van der Waals surface area contributed by atoms with Crippen LogP contribution in [0, 0.1) is 34.6 Å². The molecule has 0 aromatic heterocycles. The van der Waals surface area contributed by atoms with Crippen LogP contribution < -0.4 is 4.74 Å². The first kappa shape index (κ1) is 40.3. The molecule has 0 bridgehead atoms. The third-order valence-corrected chi connectivity index (χ3v) is 5.39. The van der Waals surface area contributed by atoms with Crippen molar-refractivity contribution in [3.63, 3.8) is 0 Å². The number of hydrogen-bond acceptors (Lipinski definition) is 1. The normalized spacial score (nSPS) is 8.36. The number of rotatable bonds is 3. The zero-order valence-corrected chi connectivity index (χ0v) is 22.4. The summed E-state index contributed by atoms with van der Waals surface area (Å²) in [5.74, 6) is 1.92. The molecule has 0 amide bonds. The smallest absolute Gasteiger partial charge is 0.135 e. The van der Waals surface area contributed by atoms with Crippen molar-refractivity contribution in [2.24, 2.45) is 0 Å². The molecule has 0 saturated carbocycles. The van der Waals surface area contributed by atoms with Gasteiger partial charge in [0, 0.05) is 42.0 Å². The zero-order chi connectivity index (χ0) is 29.3. The lowest BCUT2D eigenvalue weighted by Gasteiger charge is -2.19. The van der Waals surface area contributed by atoms with E-state index in [1.54, 1.807) is 0 Å².